The fraction of sp³-hybridized carbons (Fsp3) is 0.455. The number of hydrogen-bond acceptors (Lipinski definition) is 6. The van der Waals surface area contributed by atoms with E-state index in [-0.39, 0.29) is 11.4 Å². The topological polar surface area (TPSA) is 91.5 Å². The Morgan fingerprint density at radius 3 is 2.34 bits per heavy atom. The first kappa shape index (κ1) is 23.8. The van der Waals surface area contributed by atoms with Gasteiger partial charge < -0.3 is 9.47 Å². The van der Waals surface area contributed by atoms with E-state index in [4.69, 9.17) is 9.47 Å². The summed E-state index contributed by atoms with van der Waals surface area (Å²) in [6.07, 6.45) is 3.65. The second-order valence-electron chi connectivity index (χ2n) is 7.33. The maximum atomic E-state index is 13.7. The monoisotopic (exact) mass is 461 g/mol. The Bertz CT molecular complexity index is 1150. The molecule has 0 spiro atoms. The third kappa shape index (κ3) is 4.81. The van der Waals surface area contributed by atoms with Crippen LogP contribution in [0.25, 0.3) is 0 Å². The fourth-order valence-corrected chi connectivity index (χ4v) is 5.25. The van der Waals surface area contributed by atoms with Crippen LogP contribution in [0.15, 0.2) is 41.6 Å². The number of rotatable bonds is 11. The molecule has 9 nitrogen and oxygen atoms in total. The van der Waals surface area contributed by atoms with Crippen molar-refractivity contribution in [2.45, 2.75) is 51.7 Å². The number of sulfonamides is 1. The molecular weight excluding hydrogens is 430 g/mol. The van der Waals surface area contributed by atoms with Crippen LogP contribution in [0.4, 0.5) is 0 Å². The lowest BCUT2D eigenvalue weighted by molar-refractivity contribution is 0.354. The van der Waals surface area contributed by atoms with Gasteiger partial charge in [-0.3, -0.25) is 9.36 Å². The predicted molar refractivity (Wildman–Crippen MR) is 121 cm³/mol. The van der Waals surface area contributed by atoms with Gasteiger partial charge in [-0.05, 0) is 51.0 Å². The van der Waals surface area contributed by atoms with E-state index in [0.717, 1.165) is 11.3 Å². The SMILES string of the molecule is CCn1nccc1CN(CCc1ccc(OC)c(OC)c1)S(=O)(=O)c1cnn(CC)c1C. The van der Waals surface area contributed by atoms with E-state index in [1.54, 1.807) is 36.7 Å². The maximum absolute atomic E-state index is 13.7. The zero-order valence-corrected chi connectivity index (χ0v) is 20.1. The molecule has 0 saturated carbocycles. The van der Waals surface area contributed by atoms with Crippen molar-refractivity contribution < 1.29 is 17.9 Å². The highest BCUT2D eigenvalue weighted by atomic mass is 32.2. The van der Waals surface area contributed by atoms with Gasteiger partial charge in [-0.25, -0.2) is 8.42 Å². The highest BCUT2D eigenvalue weighted by molar-refractivity contribution is 7.89. The number of hydrogen-bond donors (Lipinski definition) is 0. The van der Waals surface area contributed by atoms with Crippen molar-refractivity contribution in [1.82, 2.24) is 23.9 Å². The van der Waals surface area contributed by atoms with E-state index in [0.29, 0.717) is 43.2 Å². The zero-order chi connectivity index (χ0) is 23.3. The Balaban J connectivity index is 1.93. The lowest BCUT2D eigenvalue weighted by Crippen LogP contribution is -2.33. The van der Waals surface area contributed by atoms with E-state index in [2.05, 4.69) is 10.2 Å². The van der Waals surface area contributed by atoms with Crippen molar-refractivity contribution in [3.63, 3.8) is 0 Å². The average Bonchev–Trinajstić information content (AvgIpc) is 3.41. The molecule has 174 valence electrons. The molecule has 3 rings (SSSR count). The fourth-order valence-electron chi connectivity index (χ4n) is 3.67. The van der Waals surface area contributed by atoms with Gasteiger partial charge in [-0.1, -0.05) is 6.07 Å². The van der Waals surface area contributed by atoms with Crippen molar-refractivity contribution in [2.75, 3.05) is 20.8 Å². The van der Waals surface area contributed by atoms with E-state index in [1.165, 1.54) is 10.5 Å². The van der Waals surface area contributed by atoms with Crippen LogP contribution in [-0.2, 0) is 36.1 Å². The van der Waals surface area contributed by atoms with Gasteiger partial charge in [0.05, 0.1) is 38.3 Å². The summed E-state index contributed by atoms with van der Waals surface area (Å²) < 4.78 is 43.0. The predicted octanol–water partition coefficient (Wildman–Crippen LogP) is 2.88. The molecule has 0 aliphatic heterocycles. The Labute approximate surface area is 189 Å². The molecule has 0 fully saturated rings. The maximum Gasteiger partial charge on any atom is 0.246 e. The molecule has 0 radical (unpaired) electrons. The molecule has 0 amide bonds. The van der Waals surface area contributed by atoms with Crippen molar-refractivity contribution in [3.05, 3.63) is 53.6 Å². The third-order valence-corrected chi connectivity index (χ3v) is 7.46. The molecular formula is C22H31N5O4S. The summed E-state index contributed by atoms with van der Waals surface area (Å²) in [5.41, 5.74) is 2.42. The highest BCUT2D eigenvalue weighted by Crippen LogP contribution is 2.28. The lowest BCUT2D eigenvalue weighted by atomic mass is 10.1. The van der Waals surface area contributed by atoms with Crippen LogP contribution < -0.4 is 9.47 Å². The van der Waals surface area contributed by atoms with E-state index < -0.39 is 10.0 Å². The second kappa shape index (κ2) is 10.2. The second-order valence-corrected chi connectivity index (χ2v) is 9.23. The number of benzene rings is 1. The molecule has 0 atom stereocenters. The number of aromatic nitrogens is 4. The van der Waals surface area contributed by atoms with E-state index in [9.17, 15) is 8.42 Å². The summed E-state index contributed by atoms with van der Waals surface area (Å²) in [6.45, 7) is 7.49. The normalized spacial score (nSPS) is 11.8. The molecule has 0 N–H and O–H groups in total. The summed E-state index contributed by atoms with van der Waals surface area (Å²) in [5, 5.41) is 8.52. The van der Waals surface area contributed by atoms with Gasteiger partial charge in [0.15, 0.2) is 11.5 Å². The smallest absolute Gasteiger partial charge is 0.246 e. The first-order chi connectivity index (χ1) is 15.3. The Morgan fingerprint density at radius 1 is 1.00 bits per heavy atom. The minimum atomic E-state index is -3.77. The number of nitrogens with zero attached hydrogens (tertiary/aromatic N) is 5. The van der Waals surface area contributed by atoms with E-state index >= 15 is 0 Å². The Morgan fingerprint density at radius 2 is 1.72 bits per heavy atom. The largest absolute Gasteiger partial charge is 0.493 e. The van der Waals surface area contributed by atoms with Crippen LogP contribution in [0.5, 0.6) is 11.5 Å². The van der Waals surface area contributed by atoms with Crippen LogP contribution >= 0.6 is 0 Å². The van der Waals surface area contributed by atoms with Gasteiger partial charge in [0, 0.05) is 25.8 Å². The number of methoxy groups -OCH3 is 2. The summed E-state index contributed by atoms with van der Waals surface area (Å²) in [7, 11) is -0.601. The summed E-state index contributed by atoms with van der Waals surface area (Å²) in [6, 6.07) is 7.47. The minimum absolute atomic E-state index is 0.222. The average molecular weight is 462 g/mol. The molecule has 0 bridgehead atoms. The van der Waals surface area contributed by atoms with Gasteiger partial charge in [0.2, 0.25) is 10.0 Å². The molecule has 1 aromatic carbocycles. The quantitative estimate of drug-likeness (QED) is 0.436. The van der Waals surface area contributed by atoms with Crippen LogP contribution in [0.3, 0.4) is 0 Å². The first-order valence-corrected chi connectivity index (χ1v) is 12.0. The van der Waals surface area contributed by atoms with Crippen LogP contribution in [0, 0.1) is 6.92 Å². The summed E-state index contributed by atoms with van der Waals surface area (Å²) in [4.78, 5) is 0.231. The highest BCUT2D eigenvalue weighted by Gasteiger charge is 2.29. The molecule has 0 unspecified atom stereocenters. The molecule has 0 aliphatic carbocycles. The van der Waals surface area contributed by atoms with Gasteiger partial charge >= 0.3 is 0 Å². The minimum Gasteiger partial charge on any atom is -0.493 e. The number of ether oxygens (including phenoxy) is 2. The lowest BCUT2D eigenvalue weighted by Gasteiger charge is -2.23. The number of aryl methyl sites for hydroxylation is 2. The van der Waals surface area contributed by atoms with Crippen LogP contribution in [-0.4, -0.2) is 53.0 Å². The van der Waals surface area contributed by atoms with Crippen LogP contribution in [0.1, 0.15) is 30.8 Å². The molecule has 0 aliphatic rings. The molecule has 32 heavy (non-hydrogen) atoms. The Kier molecular flexibility index (Phi) is 7.57. The molecule has 2 aromatic heterocycles. The third-order valence-electron chi connectivity index (χ3n) is 5.52. The zero-order valence-electron chi connectivity index (χ0n) is 19.3. The van der Waals surface area contributed by atoms with Crippen LogP contribution in [0.2, 0.25) is 0 Å². The molecule has 10 heteroatoms. The van der Waals surface area contributed by atoms with Crippen molar-refractivity contribution in [2.24, 2.45) is 0 Å². The van der Waals surface area contributed by atoms with Gasteiger partial charge in [0.1, 0.15) is 4.90 Å². The summed E-state index contributed by atoms with van der Waals surface area (Å²) in [5.74, 6) is 1.25. The first-order valence-electron chi connectivity index (χ1n) is 10.6. The summed E-state index contributed by atoms with van der Waals surface area (Å²) >= 11 is 0. The van der Waals surface area contributed by atoms with Gasteiger partial charge in [-0.2, -0.15) is 14.5 Å². The van der Waals surface area contributed by atoms with E-state index in [1.807, 2.05) is 38.1 Å². The van der Waals surface area contributed by atoms with Crippen molar-refractivity contribution in [1.29, 1.82) is 0 Å². The van der Waals surface area contributed by atoms with Crippen molar-refractivity contribution >= 4 is 10.0 Å². The van der Waals surface area contributed by atoms with Gasteiger partial charge in [-0.15, -0.1) is 0 Å². The molecule has 0 saturated heterocycles. The standard InChI is InChI=1S/C22H31N5O4S/c1-6-26-17(3)22(15-24-26)32(28,29)25(16-19-10-12-23-27(19)7-2)13-11-18-8-9-20(30-4)21(14-18)31-5/h8-10,12,14-15H,6-7,11,13,16H2,1-5H3. The van der Waals surface area contributed by atoms with Gasteiger partial charge in [0.25, 0.3) is 0 Å². The molecule has 3 aromatic rings. The molecule has 2 heterocycles. The Hall–Kier alpha value is -2.85. The van der Waals surface area contributed by atoms with Crippen molar-refractivity contribution in [3.8, 4) is 11.5 Å².